The molecule has 21 heteroatoms. The monoisotopic (exact) mass is 1380 g/mol. The number of quaternary nitrogens is 1. The normalized spacial score (nSPS) is 15.6. The minimum Gasteiger partial charge on any atom is -0.756 e. The van der Waals surface area contributed by atoms with Crippen LogP contribution in [0.15, 0.2) is 46.2 Å². The Morgan fingerprint density at radius 1 is 0.663 bits per heavy atom. The van der Waals surface area contributed by atoms with Crippen molar-refractivity contribution in [3.8, 4) is 11.5 Å². The second-order valence-electron chi connectivity index (χ2n) is 26.7. The molecular weight excluding hydrogens is 1260 g/mol. The number of carbonyl (C=O) groups is 2. The summed E-state index contributed by atoms with van der Waals surface area (Å²) in [6, 6.07) is 7.47. The van der Waals surface area contributed by atoms with Crippen LogP contribution in [0.4, 0.5) is 5.69 Å². The van der Waals surface area contributed by atoms with Gasteiger partial charge in [0, 0.05) is 77.6 Å². The highest BCUT2D eigenvalue weighted by Gasteiger charge is 2.37. The van der Waals surface area contributed by atoms with Gasteiger partial charge in [0.15, 0.2) is 12.6 Å². The van der Waals surface area contributed by atoms with Crippen LogP contribution in [-0.4, -0.2) is 112 Å². The lowest BCUT2D eigenvalue weighted by Crippen LogP contribution is -3.11. The van der Waals surface area contributed by atoms with Crippen molar-refractivity contribution in [3.05, 3.63) is 80.4 Å². The molecule has 3 aromatic rings. The number of unbranched alkanes of at least 4 members (excludes halogenated alkanes) is 24. The molecule has 2 N–H and O–H groups in total. The van der Waals surface area contributed by atoms with Gasteiger partial charge in [-0.3, -0.25) is 14.2 Å². The second kappa shape index (κ2) is 40.5. The Kier molecular flexibility index (Phi) is 33.2. The van der Waals surface area contributed by atoms with Crippen LogP contribution in [0.5, 0.6) is 11.5 Å². The Morgan fingerprint density at radius 3 is 1.79 bits per heavy atom. The van der Waals surface area contributed by atoms with Gasteiger partial charge in [-0.25, -0.2) is 26.1 Å². The van der Waals surface area contributed by atoms with Gasteiger partial charge < -0.3 is 42.5 Å². The number of aryl methyl sites for hydroxylation is 1. The third-order valence-corrected chi connectivity index (χ3v) is 22.7. The lowest BCUT2D eigenvalue weighted by atomic mass is 9.83. The molecule has 18 nitrogen and oxygen atoms in total. The average molecular weight is 1380 g/mol. The van der Waals surface area contributed by atoms with E-state index in [-0.39, 0.29) is 18.4 Å². The smallest absolute Gasteiger partial charge is 0.306 e. The first-order valence-electron chi connectivity index (χ1n) is 36.9. The van der Waals surface area contributed by atoms with E-state index in [0.717, 1.165) is 149 Å². The predicted molar refractivity (Wildman–Crippen MR) is 374 cm³/mol. The zero-order chi connectivity index (χ0) is 68.1. The molecule has 0 spiro atoms. The average Bonchev–Trinajstić information content (AvgIpc) is 0.710. The molecule has 0 aliphatic carbocycles. The molecule has 532 valence electrons. The molecule has 0 saturated heterocycles. The molecule has 3 aromatic carbocycles. The highest BCUT2D eigenvalue weighted by molar-refractivity contribution is 7.89. The van der Waals surface area contributed by atoms with Gasteiger partial charge >= 0.3 is 11.9 Å². The molecule has 8 rings (SSSR count). The number of ether oxygens (including phenoxy) is 3. The zero-order valence-corrected chi connectivity index (χ0v) is 60.8. The van der Waals surface area contributed by atoms with E-state index in [1.165, 1.54) is 141 Å². The predicted octanol–water partition coefficient (Wildman–Crippen LogP) is 12.2. The van der Waals surface area contributed by atoms with Crippen molar-refractivity contribution >= 4 is 57.2 Å². The summed E-state index contributed by atoms with van der Waals surface area (Å²) in [5.41, 5.74) is 6.38. The second-order valence-corrected chi connectivity index (χ2v) is 31.2. The third-order valence-electron chi connectivity index (χ3n) is 19.4. The fourth-order valence-corrected chi connectivity index (χ4v) is 16.7. The number of carbonyl (C=O) groups excluding carboxylic acids is 2. The van der Waals surface area contributed by atoms with Gasteiger partial charge in [-0.1, -0.05) is 174 Å². The summed E-state index contributed by atoms with van der Waals surface area (Å²) >= 11 is 0. The summed E-state index contributed by atoms with van der Waals surface area (Å²) in [6.07, 6.45) is 38.0. The quantitative estimate of drug-likeness (QED) is 0.0138. The number of hydrogen-bond acceptors (Lipinski definition) is 15. The first kappa shape index (κ1) is 77.8. The van der Waals surface area contributed by atoms with Gasteiger partial charge in [-0.05, 0) is 108 Å². The molecule has 0 saturated carbocycles. The molecule has 5 aliphatic rings. The van der Waals surface area contributed by atoms with Crippen LogP contribution < -0.4 is 39.3 Å². The van der Waals surface area contributed by atoms with Crippen LogP contribution in [0.3, 0.4) is 0 Å². The molecule has 0 radical (unpaired) electrons. The van der Waals surface area contributed by atoms with E-state index >= 15 is 0 Å². The zero-order valence-electron chi connectivity index (χ0n) is 58.3. The van der Waals surface area contributed by atoms with Gasteiger partial charge in [-0.2, -0.15) is 0 Å². The number of benzene rings is 3. The maximum Gasteiger partial charge on any atom is 0.306 e. The Labute approximate surface area is 569 Å². The summed E-state index contributed by atoms with van der Waals surface area (Å²) in [7, 11) is -15.1. The number of hydrogen-bond donors (Lipinski definition) is 2. The molecule has 0 bridgehead atoms. The van der Waals surface area contributed by atoms with Crippen molar-refractivity contribution in [1.82, 2.24) is 9.30 Å². The molecule has 1 unspecified atom stereocenters. The summed E-state index contributed by atoms with van der Waals surface area (Å²) in [4.78, 5) is 41.9. The fourth-order valence-electron chi connectivity index (χ4n) is 14.1. The number of phosphoric ester groups is 1. The summed E-state index contributed by atoms with van der Waals surface area (Å²) in [5, 5.41) is 1.69. The molecule has 0 fully saturated rings. The number of phosphoric acid groups is 1. The minimum absolute atomic E-state index is 0.0379. The maximum absolute atomic E-state index is 13.9. The molecule has 2 atom stereocenters. The van der Waals surface area contributed by atoms with Gasteiger partial charge in [-0.15, -0.1) is 0 Å². The first-order valence-corrected chi connectivity index (χ1v) is 41.3. The Balaban J connectivity index is 0.00000172. The van der Waals surface area contributed by atoms with E-state index in [4.69, 9.17) is 23.3 Å². The van der Waals surface area contributed by atoms with Crippen molar-refractivity contribution in [1.29, 1.82) is 0 Å². The Bertz CT molecular complexity index is 3380. The highest BCUT2D eigenvalue weighted by atomic mass is 32.2. The van der Waals surface area contributed by atoms with Crippen molar-refractivity contribution in [2.24, 2.45) is 0 Å². The molecule has 0 aromatic heterocycles. The summed E-state index contributed by atoms with van der Waals surface area (Å²) in [5.74, 6) is 0.139. The number of nitrogens with one attached hydrogen (secondary N) is 2. The Hall–Kier alpha value is -4.50. The first-order chi connectivity index (χ1) is 45.9. The van der Waals surface area contributed by atoms with Crippen LogP contribution in [-0.2, 0) is 72.1 Å². The van der Waals surface area contributed by atoms with Gasteiger partial charge in [0.1, 0.15) is 34.8 Å². The molecule has 95 heavy (non-hydrogen) atoms. The van der Waals surface area contributed by atoms with Crippen LogP contribution in [0, 0.1) is 0 Å². The third kappa shape index (κ3) is 24.1. The van der Waals surface area contributed by atoms with Crippen molar-refractivity contribution in [3.63, 3.8) is 0 Å². The van der Waals surface area contributed by atoms with Crippen LogP contribution in [0.1, 0.15) is 267 Å². The molecule has 0 amide bonds. The minimum atomic E-state index is -5.35. The van der Waals surface area contributed by atoms with E-state index in [1.807, 2.05) is 18.2 Å². The van der Waals surface area contributed by atoms with Gasteiger partial charge in [0.2, 0.25) is 15.4 Å². The molecular formula is C74H115N4O14PS2. The number of esters is 2. The fraction of sp³-hybridized carbons (Fsp3) is 0.689. The Morgan fingerprint density at radius 2 is 1.22 bits per heavy atom. The van der Waals surface area contributed by atoms with Crippen molar-refractivity contribution in [2.45, 2.75) is 269 Å². The molecule has 5 aliphatic heterocycles. The van der Waals surface area contributed by atoms with E-state index in [0.29, 0.717) is 40.7 Å². The molecule has 5 heterocycles. The number of anilines is 1. The largest absolute Gasteiger partial charge is 0.756 e. The SMILES string of the molecule is CCCCCCCCCCCCCCCC(=O)OC[C@H](COP(=O)([O-])OCCNS(=O)(=O)c1ccc(C2=c3cc4c5c(c3Oc3c2cc2c6c3CCCN6CCC2)CCC[N+]=5CC=C4)c(S(=O)(=O)[O-])c1)OC(=O)CCCCCCCCCCCCCCC.CC[NH+](CC)CC. The van der Waals surface area contributed by atoms with Gasteiger partial charge in [0.05, 0.1) is 48.2 Å². The highest BCUT2D eigenvalue weighted by Crippen LogP contribution is 2.49. The van der Waals surface area contributed by atoms with Crippen molar-refractivity contribution < 1.29 is 68.6 Å². The number of nitrogens with zero attached hydrogens (tertiary/aromatic N) is 2. The van der Waals surface area contributed by atoms with Gasteiger partial charge in [0.25, 0.3) is 7.82 Å². The number of fused-ring (bicyclic) bond motifs is 4. The lowest BCUT2D eigenvalue weighted by Gasteiger charge is -2.39. The van der Waals surface area contributed by atoms with E-state index in [9.17, 15) is 40.4 Å². The summed E-state index contributed by atoms with van der Waals surface area (Å²) < 4.78 is 114. The topological polar surface area (TPSA) is 234 Å². The van der Waals surface area contributed by atoms with Crippen molar-refractivity contribution in [2.75, 3.05) is 77.1 Å². The van der Waals surface area contributed by atoms with E-state index < -0.39 is 82.2 Å². The maximum atomic E-state index is 13.9. The van der Waals surface area contributed by atoms with Crippen LogP contribution >= 0.6 is 7.82 Å². The standard InChI is InChI=1S/C68H100N3O14PS2.C6H15N/c1-3-5-7-9-11-13-15-17-19-21-23-25-27-37-62(72)81-50-54(84-63(73)38-28-26-24-22-20-18-16-14-12-10-8-6-4-2)51-83-86(74,75)82-46-41-69-87(76,77)55-39-40-56(61(49-55)88(78,79)80)64-59-47-52-33-29-42-70-44-31-35-57(65(52)70)67(59)85-68-58-36-32-45-71-43-30-34-53(66(58)71)48-60(64)68;1-4-7(5-2)6-3/h29,33,39-40,47-49,54,69H,3-28,30-32,34-38,41-46,50-51H2,1-2H3,(H-,74,75,78,79,80);4-6H2,1-3H3/t54-;/m1./s1. The lowest BCUT2D eigenvalue weighted by molar-refractivity contribution is -0.894. The summed E-state index contributed by atoms with van der Waals surface area (Å²) in [6.45, 7) is 15.9. The van der Waals surface area contributed by atoms with E-state index in [1.54, 1.807) is 4.90 Å². The van der Waals surface area contributed by atoms with Crippen LogP contribution in [0.25, 0.3) is 11.6 Å². The van der Waals surface area contributed by atoms with Crippen LogP contribution in [0.2, 0.25) is 0 Å². The van der Waals surface area contributed by atoms with E-state index in [2.05, 4.69) is 54.9 Å². The number of rotatable bonds is 45. The number of sulfonamides is 1.